The molecule has 0 saturated carbocycles. The lowest BCUT2D eigenvalue weighted by Gasteiger charge is -2.30. The van der Waals surface area contributed by atoms with Crippen LogP contribution in [0.5, 0.6) is 0 Å². The van der Waals surface area contributed by atoms with Crippen LogP contribution in [0, 0.1) is 0 Å². The van der Waals surface area contributed by atoms with E-state index in [0.717, 1.165) is 5.69 Å². The fraction of sp³-hybridized carbons (Fsp3) is 0.294. The smallest absolute Gasteiger partial charge is 0.291 e. The number of carbonyl (C=O) groups excluding carboxylic acids is 1. The normalized spacial score (nSPS) is 15.6. The second-order valence-electron chi connectivity index (χ2n) is 5.45. The van der Waals surface area contributed by atoms with Gasteiger partial charge in [-0.1, -0.05) is 41.6 Å². The van der Waals surface area contributed by atoms with E-state index in [1.165, 1.54) is 18.7 Å². The van der Waals surface area contributed by atoms with E-state index in [1.807, 2.05) is 31.2 Å². The summed E-state index contributed by atoms with van der Waals surface area (Å²) < 4.78 is 1.67. The second-order valence-corrected chi connectivity index (χ2v) is 6.46. The van der Waals surface area contributed by atoms with Crippen molar-refractivity contribution in [3.8, 4) is 11.3 Å². The SMILES string of the molecule is C=CCSc1n[n+]2c(c(=O)[nH]1)-c1ccccc1N(C(C)=O)[C@@H]2CC. The third kappa shape index (κ3) is 2.65. The number of aromatic nitrogens is 3. The molecule has 1 aromatic heterocycles. The second kappa shape index (κ2) is 6.60. The first-order valence-electron chi connectivity index (χ1n) is 7.77. The van der Waals surface area contributed by atoms with E-state index in [-0.39, 0.29) is 17.6 Å². The Labute approximate surface area is 144 Å². The predicted octanol–water partition coefficient (Wildman–Crippen LogP) is 2.28. The van der Waals surface area contributed by atoms with E-state index in [1.54, 1.807) is 15.7 Å². The van der Waals surface area contributed by atoms with Gasteiger partial charge in [0.1, 0.15) is 0 Å². The van der Waals surface area contributed by atoms with Crippen LogP contribution in [0.25, 0.3) is 11.3 Å². The monoisotopic (exact) mass is 343 g/mol. The zero-order valence-corrected chi connectivity index (χ0v) is 14.5. The number of fused-ring (bicyclic) bond motifs is 3. The van der Waals surface area contributed by atoms with E-state index in [9.17, 15) is 9.59 Å². The molecule has 2 heterocycles. The third-order valence-electron chi connectivity index (χ3n) is 3.90. The number of anilines is 1. The van der Waals surface area contributed by atoms with Crippen molar-refractivity contribution < 1.29 is 9.48 Å². The molecule has 1 aromatic carbocycles. The first-order chi connectivity index (χ1) is 11.6. The van der Waals surface area contributed by atoms with E-state index in [0.29, 0.717) is 28.6 Å². The van der Waals surface area contributed by atoms with E-state index in [4.69, 9.17) is 0 Å². The van der Waals surface area contributed by atoms with Crippen molar-refractivity contribution in [2.24, 2.45) is 0 Å². The van der Waals surface area contributed by atoms with Crippen LogP contribution in [0.1, 0.15) is 26.4 Å². The summed E-state index contributed by atoms with van der Waals surface area (Å²) in [6, 6.07) is 7.43. The molecule has 1 aliphatic rings. The summed E-state index contributed by atoms with van der Waals surface area (Å²) >= 11 is 1.40. The average Bonchev–Trinajstić information content (AvgIpc) is 2.57. The Morgan fingerprint density at radius 1 is 1.50 bits per heavy atom. The topological polar surface area (TPSA) is 69.9 Å². The molecular weight excluding hydrogens is 324 g/mol. The van der Waals surface area contributed by atoms with Crippen molar-refractivity contribution in [1.29, 1.82) is 0 Å². The van der Waals surface area contributed by atoms with Gasteiger partial charge in [0.15, 0.2) is 0 Å². The molecule has 0 saturated heterocycles. The molecule has 0 unspecified atom stereocenters. The van der Waals surface area contributed by atoms with Crippen LogP contribution in [0.15, 0.2) is 46.9 Å². The maximum absolute atomic E-state index is 12.7. The zero-order valence-electron chi connectivity index (χ0n) is 13.7. The van der Waals surface area contributed by atoms with Gasteiger partial charge in [0.05, 0.1) is 11.3 Å². The Hall–Kier alpha value is -2.41. The van der Waals surface area contributed by atoms with Gasteiger partial charge in [0, 0.05) is 24.2 Å². The number of benzene rings is 1. The molecule has 124 valence electrons. The summed E-state index contributed by atoms with van der Waals surface area (Å²) in [6.45, 7) is 7.19. The Morgan fingerprint density at radius 3 is 2.92 bits per heavy atom. The summed E-state index contributed by atoms with van der Waals surface area (Å²) in [4.78, 5) is 29.5. The molecule has 1 atom stereocenters. The summed E-state index contributed by atoms with van der Waals surface area (Å²) in [5.41, 5.74) is 1.74. The minimum absolute atomic E-state index is 0.0742. The van der Waals surface area contributed by atoms with Gasteiger partial charge in [-0.3, -0.25) is 19.5 Å². The number of hydrogen-bond acceptors (Lipinski definition) is 4. The average molecular weight is 343 g/mol. The first kappa shape index (κ1) is 16.4. The Kier molecular flexibility index (Phi) is 4.53. The Bertz CT molecular complexity index is 862. The van der Waals surface area contributed by atoms with Crippen molar-refractivity contribution in [2.75, 3.05) is 10.7 Å². The fourth-order valence-electron chi connectivity index (χ4n) is 2.99. The lowest BCUT2D eigenvalue weighted by atomic mass is 10.0. The quantitative estimate of drug-likeness (QED) is 0.525. The summed E-state index contributed by atoms with van der Waals surface area (Å²) in [5.74, 6) is 0.571. The lowest BCUT2D eigenvalue weighted by Crippen LogP contribution is -2.60. The van der Waals surface area contributed by atoms with Crippen LogP contribution >= 0.6 is 11.8 Å². The number of rotatable bonds is 4. The molecule has 6 nitrogen and oxygen atoms in total. The molecule has 0 bridgehead atoms. The highest BCUT2D eigenvalue weighted by Gasteiger charge is 2.42. The van der Waals surface area contributed by atoms with Gasteiger partial charge < -0.3 is 0 Å². The van der Waals surface area contributed by atoms with Gasteiger partial charge >= 0.3 is 11.3 Å². The number of hydrogen-bond donors (Lipinski definition) is 1. The molecule has 3 rings (SSSR count). The van der Waals surface area contributed by atoms with E-state index >= 15 is 0 Å². The molecule has 0 spiro atoms. The van der Waals surface area contributed by atoms with Crippen molar-refractivity contribution in [3.05, 3.63) is 47.3 Å². The van der Waals surface area contributed by atoms with Gasteiger partial charge in [-0.2, -0.15) is 0 Å². The molecule has 7 heteroatoms. The standard InChI is InChI=1S/C17H18N4O2S/c1-4-10-24-17-18-16(23)15-12-8-6-7-9-13(12)20(11(3)22)14(5-2)21(15)19-17/h4,6-9,14H,1,5,10H2,2-3H3/p+1/t14-/m0/s1. The summed E-state index contributed by atoms with van der Waals surface area (Å²) in [7, 11) is 0. The number of H-pyrrole nitrogens is 1. The van der Waals surface area contributed by atoms with Crippen LogP contribution in [-0.2, 0) is 4.79 Å². The number of aromatic amines is 1. The highest BCUT2D eigenvalue weighted by molar-refractivity contribution is 7.99. The summed E-state index contributed by atoms with van der Waals surface area (Å²) in [5, 5.41) is 5.10. The Morgan fingerprint density at radius 2 is 2.25 bits per heavy atom. The molecule has 24 heavy (non-hydrogen) atoms. The molecular formula is C17H19N4O2S+. The van der Waals surface area contributed by atoms with Gasteiger partial charge in [0.25, 0.3) is 6.17 Å². The lowest BCUT2D eigenvalue weighted by molar-refractivity contribution is -0.771. The minimum atomic E-state index is -0.321. The van der Waals surface area contributed by atoms with Crippen LogP contribution in [0.3, 0.4) is 0 Å². The van der Waals surface area contributed by atoms with Gasteiger partial charge in [-0.15, -0.1) is 6.58 Å². The zero-order chi connectivity index (χ0) is 17.3. The number of amides is 1. The fourth-order valence-corrected chi connectivity index (χ4v) is 3.57. The van der Waals surface area contributed by atoms with E-state index in [2.05, 4.69) is 16.7 Å². The van der Waals surface area contributed by atoms with Crippen molar-refractivity contribution in [3.63, 3.8) is 0 Å². The van der Waals surface area contributed by atoms with Crippen LogP contribution in [0.4, 0.5) is 5.69 Å². The van der Waals surface area contributed by atoms with E-state index < -0.39 is 0 Å². The Balaban J connectivity index is 2.27. The highest BCUT2D eigenvalue weighted by atomic mass is 32.2. The molecule has 0 aliphatic carbocycles. The largest absolute Gasteiger partial charge is 0.325 e. The number of carbonyl (C=O) groups is 1. The predicted molar refractivity (Wildman–Crippen MR) is 93.9 cm³/mol. The maximum atomic E-state index is 12.7. The van der Waals surface area contributed by atoms with Crippen LogP contribution in [0.2, 0.25) is 0 Å². The van der Waals surface area contributed by atoms with Crippen molar-refractivity contribution >= 4 is 23.4 Å². The number of para-hydroxylation sites is 1. The minimum Gasteiger partial charge on any atom is -0.291 e. The van der Waals surface area contributed by atoms with Crippen LogP contribution in [-0.4, -0.2) is 21.7 Å². The number of thioether (sulfide) groups is 1. The van der Waals surface area contributed by atoms with Gasteiger partial charge in [0.2, 0.25) is 11.1 Å². The molecule has 0 fully saturated rings. The van der Waals surface area contributed by atoms with Crippen LogP contribution < -0.4 is 15.1 Å². The molecule has 2 aromatic rings. The van der Waals surface area contributed by atoms with Gasteiger partial charge in [-0.05, 0) is 12.1 Å². The van der Waals surface area contributed by atoms with Crippen molar-refractivity contribution in [2.45, 2.75) is 31.6 Å². The maximum Gasteiger partial charge on any atom is 0.325 e. The molecule has 1 aliphatic heterocycles. The molecule has 1 N–H and O–H groups in total. The third-order valence-corrected chi connectivity index (χ3v) is 4.76. The van der Waals surface area contributed by atoms with Gasteiger partial charge in [-0.25, -0.2) is 0 Å². The molecule has 0 radical (unpaired) electrons. The van der Waals surface area contributed by atoms with Crippen molar-refractivity contribution in [1.82, 2.24) is 10.1 Å². The highest BCUT2D eigenvalue weighted by Crippen LogP contribution is 2.35. The number of nitrogens with zero attached hydrogens (tertiary/aromatic N) is 3. The first-order valence-corrected chi connectivity index (χ1v) is 8.76. The number of nitrogens with one attached hydrogen (secondary N) is 1. The molecule has 1 amide bonds. The summed E-state index contributed by atoms with van der Waals surface area (Å²) in [6.07, 6.45) is 2.08.